The molecule has 8 heteroatoms. The maximum atomic E-state index is 13.5. The molecule has 1 saturated heterocycles. The minimum Gasteiger partial charge on any atom is -0.496 e. The number of amides is 1. The van der Waals surface area contributed by atoms with Gasteiger partial charge in [-0.2, -0.15) is 13.2 Å². The predicted molar refractivity (Wildman–Crippen MR) is 132 cm³/mol. The average molecular weight is 505 g/mol. The molecule has 2 fully saturated rings. The molecule has 1 saturated carbocycles. The normalized spacial score (nSPS) is 24.8. The van der Waals surface area contributed by atoms with Crippen molar-refractivity contribution in [1.29, 1.82) is 0 Å². The van der Waals surface area contributed by atoms with Crippen molar-refractivity contribution in [2.45, 2.75) is 75.4 Å². The highest BCUT2D eigenvalue weighted by molar-refractivity contribution is 5.82. The highest BCUT2D eigenvalue weighted by Gasteiger charge is 2.46. The van der Waals surface area contributed by atoms with Crippen LogP contribution in [0.1, 0.15) is 55.6 Å². The van der Waals surface area contributed by atoms with E-state index in [1.54, 1.807) is 37.4 Å². The molecule has 0 aromatic heterocycles. The summed E-state index contributed by atoms with van der Waals surface area (Å²) in [7, 11) is 1.69. The number of carbonyl (C=O) groups is 1. The number of hydrogen-bond acceptors (Lipinski definition) is 4. The van der Waals surface area contributed by atoms with Gasteiger partial charge in [0.2, 0.25) is 0 Å². The molecular weight excluding hydrogens is 469 g/mol. The molecule has 2 atom stereocenters. The van der Waals surface area contributed by atoms with Gasteiger partial charge >= 0.3 is 12.1 Å². The summed E-state index contributed by atoms with van der Waals surface area (Å²) >= 11 is 0. The number of ether oxygens (including phenoxy) is 2. The molecule has 2 unspecified atom stereocenters. The Hall–Kier alpha value is -2.58. The molecule has 1 N–H and O–H groups in total. The van der Waals surface area contributed by atoms with Crippen LogP contribution < -0.4 is 10.1 Å². The van der Waals surface area contributed by atoms with E-state index in [4.69, 9.17) is 9.47 Å². The largest absolute Gasteiger partial charge is 0.496 e. The van der Waals surface area contributed by atoms with Gasteiger partial charge in [-0.15, -0.1) is 0 Å². The van der Waals surface area contributed by atoms with E-state index in [-0.39, 0.29) is 25.3 Å². The number of nitrogens with one attached hydrogen (secondary N) is 1. The number of methoxy groups -OCH3 is 1. The number of hydrogen-bond donors (Lipinski definition) is 1. The Morgan fingerprint density at radius 1 is 1.00 bits per heavy atom. The van der Waals surface area contributed by atoms with E-state index in [0.29, 0.717) is 30.9 Å². The quantitative estimate of drug-likeness (QED) is 0.520. The zero-order valence-electron chi connectivity index (χ0n) is 20.7. The van der Waals surface area contributed by atoms with Gasteiger partial charge in [0.25, 0.3) is 0 Å². The smallest absolute Gasteiger partial charge is 0.471 e. The van der Waals surface area contributed by atoms with Gasteiger partial charge < -0.3 is 19.7 Å². The summed E-state index contributed by atoms with van der Waals surface area (Å²) in [6.07, 6.45) is 0.0661. The van der Waals surface area contributed by atoms with E-state index in [1.165, 1.54) is 5.56 Å². The van der Waals surface area contributed by atoms with Crippen LogP contribution in [0.5, 0.6) is 5.75 Å². The van der Waals surface area contributed by atoms with Gasteiger partial charge in [-0.05, 0) is 68.2 Å². The number of piperidine rings is 1. The molecule has 1 amide bonds. The topological polar surface area (TPSA) is 50.8 Å². The lowest BCUT2D eigenvalue weighted by Gasteiger charge is -2.41. The van der Waals surface area contributed by atoms with Crippen LogP contribution in [-0.4, -0.2) is 55.4 Å². The summed E-state index contributed by atoms with van der Waals surface area (Å²) in [6.45, 7) is 0.904. The minimum atomic E-state index is -4.92. The highest BCUT2D eigenvalue weighted by Crippen LogP contribution is 2.38. The first-order valence-electron chi connectivity index (χ1n) is 12.8. The standard InChI is InChI=1S/C28H35F3N2O3/c1-35-26-12-6-5-10-23(26)21-13-15-22(16-14-21)36-19-24-25(11-7-17-32-24)33(27(34)28(29,30)31)18-20-8-3-2-4-9-20/h2-6,8-10,12,21-22,24-25,32H,7,11,13-19H2,1H3. The van der Waals surface area contributed by atoms with E-state index in [0.717, 1.165) is 36.3 Å². The maximum absolute atomic E-state index is 13.5. The number of para-hydroxylation sites is 1. The van der Waals surface area contributed by atoms with Crippen molar-refractivity contribution in [2.24, 2.45) is 0 Å². The van der Waals surface area contributed by atoms with Crippen LogP contribution in [0.3, 0.4) is 0 Å². The molecule has 5 nitrogen and oxygen atoms in total. The van der Waals surface area contributed by atoms with Gasteiger partial charge in [-0.3, -0.25) is 4.79 Å². The van der Waals surface area contributed by atoms with Crippen molar-refractivity contribution in [3.63, 3.8) is 0 Å². The third kappa shape index (κ3) is 6.59. The summed E-state index contributed by atoms with van der Waals surface area (Å²) < 4.78 is 52.4. The third-order valence-corrected chi connectivity index (χ3v) is 7.41. The molecule has 0 radical (unpaired) electrons. The fourth-order valence-corrected chi connectivity index (χ4v) is 5.55. The Bertz CT molecular complexity index is 978. The fourth-order valence-electron chi connectivity index (χ4n) is 5.55. The van der Waals surface area contributed by atoms with Crippen LogP contribution >= 0.6 is 0 Å². The molecule has 2 aromatic carbocycles. The first kappa shape index (κ1) is 26.5. The van der Waals surface area contributed by atoms with Crippen LogP contribution in [-0.2, 0) is 16.1 Å². The van der Waals surface area contributed by atoms with Crippen LogP contribution in [0.4, 0.5) is 13.2 Å². The van der Waals surface area contributed by atoms with Crippen molar-refractivity contribution >= 4 is 5.91 Å². The molecule has 1 aliphatic heterocycles. The van der Waals surface area contributed by atoms with Crippen molar-refractivity contribution in [2.75, 3.05) is 20.3 Å². The first-order valence-corrected chi connectivity index (χ1v) is 12.8. The highest BCUT2D eigenvalue weighted by atomic mass is 19.4. The molecular formula is C28H35F3N2O3. The van der Waals surface area contributed by atoms with E-state index in [9.17, 15) is 18.0 Å². The Morgan fingerprint density at radius 3 is 2.39 bits per heavy atom. The number of nitrogens with zero attached hydrogens (tertiary/aromatic N) is 1. The van der Waals surface area contributed by atoms with Crippen LogP contribution in [0.25, 0.3) is 0 Å². The zero-order valence-corrected chi connectivity index (χ0v) is 20.7. The molecule has 2 aromatic rings. The monoisotopic (exact) mass is 504 g/mol. The second kappa shape index (κ2) is 12.1. The summed E-state index contributed by atoms with van der Waals surface area (Å²) in [4.78, 5) is 13.5. The van der Waals surface area contributed by atoms with Crippen LogP contribution in [0, 0.1) is 0 Å². The van der Waals surface area contributed by atoms with Gasteiger partial charge in [0.05, 0.1) is 25.9 Å². The molecule has 4 rings (SSSR count). The Morgan fingerprint density at radius 2 is 1.69 bits per heavy atom. The Labute approximate surface area is 211 Å². The second-order valence-corrected chi connectivity index (χ2v) is 9.74. The summed E-state index contributed by atoms with van der Waals surface area (Å²) in [5.74, 6) is -0.473. The lowest BCUT2D eigenvalue weighted by atomic mass is 9.82. The van der Waals surface area contributed by atoms with E-state index in [2.05, 4.69) is 11.4 Å². The van der Waals surface area contributed by atoms with Gasteiger partial charge in [0.1, 0.15) is 5.75 Å². The lowest BCUT2D eigenvalue weighted by molar-refractivity contribution is -0.190. The summed E-state index contributed by atoms with van der Waals surface area (Å²) in [5.41, 5.74) is 1.89. The van der Waals surface area contributed by atoms with Gasteiger partial charge in [-0.25, -0.2) is 0 Å². The lowest BCUT2D eigenvalue weighted by Crippen LogP contribution is -2.59. The average Bonchev–Trinajstić information content (AvgIpc) is 2.91. The van der Waals surface area contributed by atoms with Crippen molar-refractivity contribution in [3.05, 3.63) is 65.7 Å². The molecule has 36 heavy (non-hydrogen) atoms. The van der Waals surface area contributed by atoms with Crippen molar-refractivity contribution < 1.29 is 27.4 Å². The Kier molecular flexibility index (Phi) is 8.90. The number of halogens is 3. The molecule has 0 bridgehead atoms. The van der Waals surface area contributed by atoms with E-state index >= 15 is 0 Å². The molecule has 196 valence electrons. The molecule has 0 spiro atoms. The van der Waals surface area contributed by atoms with Gasteiger partial charge in [-0.1, -0.05) is 48.5 Å². The van der Waals surface area contributed by atoms with E-state index < -0.39 is 18.1 Å². The van der Waals surface area contributed by atoms with Gasteiger partial charge in [0, 0.05) is 12.6 Å². The summed E-state index contributed by atoms with van der Waals surface area (Å²) in [6, 6.07) is 16.0. The first-order chi connectivity index (χ1) is 17.4. The summed E-state index contributed by atoms with van der Waals surface area (Å²) in [5, 5.41) is 3.33. The van der Waals surface area contributed by atoms with Crippen molar-refractivity contribution in [3.8, 4) is 5.75 Å². The van der Waals surface area contributed by atoms with Crippen molar-refractivity contribution in [1.82, 2.24) is 10.2 Å². The molecule has 2 aliphatic rings. The van der Waals surface area contributed by atoms with Crippen LogP contribution in [0.15, 0.2) is 54.6 Å². The third-order valence-electron chi connectivity index (χ3n) is 7.41. The molecule has 1 aliphatic carbocycles. The zero-order chi connectivity index (χ0) is 25.5. The van der Waals surface area contributed by atoms with E-state index in [1.807, 2.05) is 18.2 Å². The predicted octanol–water partition coefficient (Wildman–Crippen LogP) is 5.45. The molecule has 1 heterocycles. The SMILES string of the molecule is COc1ccccc1C1CCC(OCC2NCCCC2N(Cc2ccccc2)C(=O)C(F)(F)F)CC1. The van der Waals surface area contributed by atoms with Gasteiger partial charge in [0.15, 0.2) is 0 Å². The second-order valence-electron chi connectivity index (χ2n) is 9.74. The fraction of sp³-hybridized carbons (Fsp3) is 0.536. The van der Waals surface area contributed by atoms with Crippen LogP contribution in [0.2, 0.25) is 0 Å². The number of carbonyl (C=O) groups excluding carboxylic acids is 1. The number of alkyl halides is 3. The number of benzene rings is 2. The minimum absolute atomic E-state index is 0.0567. The maximum Gasteiger partial charge on any atom is 0.471 e. The number of rotatable bonds is 8. The Balaban J connectivity index is 1.39.